The summed E-state index contributed by atoms with van der Waals surface area (Å²) < 4.78 is 0. The van der Waals surface area contributed by atoms with Crippen LogP contribution >= 0.6 is 11.3 Å². The Morgan fingerprint density at radius 3 is 2.67 bits per heavy atom. The van der Waals surface area contributed by atoms with Crippen molar-refractivity contribution in [2.75, 3.05) is 39.8 Å². The summed E-state index contributed by atoms with van der Waals surface area (Å²) in [7, 11) is 2.12. The second-order valence-corrected chi connectivity index (χ2v) is 8.34. The lowest BCUT2D eigenvalue weighted by Crippen LogP contribution is -2.46. The van der Waals surface area contributed by atoms with Gasteiger partial charge in [0.25, 0.3) is 0 Å². The van der Waals surface area contributed by atoms with E-state index in [1.54, 1.807) is 11.3 Å². The van der Waals surface area contributed by atoms with Gasteiger partial charge in [-0.25, -0.2) is 0 Å². The number of hydrogen-bond acceptors (Lipinski definition) is 7. The van der Waals surface area contributed by atoms with Crippen LogP contribution in [0.1, 0.15) is 10.7 Å². The predicted octanol–water partition coefficient (Wildman–Crippen LogP) is 2.42. The summed E-state index contributed by atoms with van der Waals surface area (Å²) in [5.74, 6) is 0.224. The second kappa shape index (κ2) is 7.80. The van der Waals surface area contributed by atoms with Gasteiger partial charge in [0, 0.05) is 49.0 Å². The van der Waals surface area contributed by atoms with Crippen molar-refractivity contribution in [3.63, 3.8) is 0 Å². The summed E-state index contributed by atoms with van der Waals surface area (Å²) in [5, 5.41) is 12.3. The molecule has 1 fully saturated rings. The second-order valence-electron chi connectivity index (χ2n) is 7.16. The van der Waals surface area contributed by atoms with Crippen LogP contribution in [0.25, 0.3) is 21.3 Å². The third-order valence-corrected chi connectivity index (χ3v) is 5.81. The summed E-state index contributed by atoms with van der Waals surface area (Å²) in [5.41, 5.74) is 1.88. The highest BCUT2D eigenvalue weighted by Crippen LogP contribution is 2.27. The number of carbonyl (C=O) groups is 1. The monoisotopic (exact) mass is 381 g/mol. The molecule has 2 aromatic heterocycles. The molecule has 0 unspecified atom stereocenters. The van der Waals surface area contributed by atoms with Crippen molar-refractivity contribution in [3.8, 4) is 10.6 Å². The molecule has 0 radical (unpaired) electrons. The molecule has 1 aliphatic rings. The number of piperazine rings is 1. The first-order chi connectivity index (χ1) is 13.1. The Bertz CT molecular complexity index is 962. The number of rotatable bonds is 5. The fourth-order valence-electron chi connectivity index (χ4n) is 3.34. The van der Waals surface area contributed by atoms with Crippen LogP contribution in [-0.4, -0.2) is 70.5 Å². The summed E-state index contributed by atoms with van der Waals surface area (Å²) in [6.45, 7) is 6.43. The van der Waals surface area contributed by atoms with Gasteiger partial charge in [-0.3, -0.25) is 14.7 Å². The van der Waals surface area contributed by atoms with Crippen LogP contribution in [0.15, 0.2) is 30.5 Å². The van der Waals surface area contributed by atoms with Gasteiger partial charge in [0.15, 0.2) is 5.78 Å². The molecule has 1 aliphatic heterocycles. The highest BCUT2D eigenvalue weighted by atomic mass is 32.1. The number of carbonyl (C=O) groups excluding carboxylic acids is 1. The maximum Gasteiger partial charge on any atom is 0.152 e. The highest BCUT2D eigenvalue weighted by Gasteiger charge is 2.17. The van der Waals surface area contributed by atoms with Crippen LogP contribution in [0.2, 0.25) is 0 Å². The van der Waals surface area contributed by atoms with Crippen LogP contribution in [0.3, 0.4) is 0 Å². The van der Waals surface area contributed by atoms with E-state index in [4.69, 9.17) is 0 Å². The van der Waals surface area contributed by atoms with Crippen LogP contribution < -0.4 is 0 Å². The van der Waals surface area contributed by atoms with E-state index in [1.165, 1.54) is 0 Å². The molecular weight excluding hydrogens is 358 g/mol. The molecule has 3 heterocycles. The van der Waals surface area contributed by atoms with E-state index in [9.17, 15) is 4.79 Å². The fraction of sp³-hybridized carbons (Fsp3) is 0.400. The number of likely N-dealkylation sites (N-methyl/N-ethyl adjacent to an activating group) is 1. The number of Topliss-reactive ketones (excluding diaryl/α,β-unsaturated/α-hetero) is 1. The SMILES string of the molecule is Cc1nnc(-c2ccc3cnc(CC(=O)CN4CCN(C)CC4)cc3c2)s1. The predicted molar refractivity (Wildman–Crippen MR) is 108 cm³/mol. The molecule has 27 heavy (non-hydrogen) atoms. The number of pyridine rings is 1. The number of nitrogens with zero attached hydrogens (tertiary/aromatic N) is 5. The standard InChI is InChI=1S/C20H23N5OS/c1-14-22-23-20(27-14)15-3-4-16-12-21-18(10-17(16)9-15)11-19(26)13-25-7-5-24(2)6-8-25/h3-4,9-10,12H,5-8,11,13H2,1-2H3. The van der Waals surface area contributed by atoms with Gasteiger partial charge in [-0.2, -0.15) is 0 Å². The average molecular weight is 382 g/mol. The van der Waals surface area contributed by atoms with E-state index < -0.39 is 0 Å². The Morgan fingerprint density at radius 1 is 1.11 bits per heavy atom. The zero-order valence-electron chi connectivity index (χ0n) is 15.7. The minimum absolute atomic E-state index is 0.224. The van der Waals surface area contributed by atoms with Gasteiger partial charge in [0.2, 0.25) is 0 Å². The number of ketones is 1. The van der Waals surface area contributed by atoms with Gasteiger partial charge in [-0.15, -0.1) is 10.2 Å². The maximum atomic E-state index is 12.5. The molecule has 7 heteroatoms. The minimum atomic E-state index is 0.224. The fourth-order valence-corrected chi connectivity index (χ4v) is 4.03. The molecule has 140 valence electrons. The van der Waals surface area contributed by atoms with Gasteiger partial charge >= 0.3 is 0 Å². The summed E-state index contributed by atoms with van der Waals surface area (Å²) in [6.07, 6.45) is 2.23. The average Bonchev–Trinajstić information content (AvgIpc) is 3.09. The Labute approximate surface area is 162 Å². The van der Waals surface area contributed by atoms with Crippen LogP contribution in [0.5, 0.6) is 0 Å². The first kappa shape index (κ1) is 18.2. The van der Waals surface area contributed by atoms with E-state index in [2.05, 4.69) is 38.1 Å². The summed E-state index contributed by atoms with van der Waals surface area (Å²) in [6, 6.07) is 8.21. The molecule has 1 aromatic carbocycles. The van der Waals surface area contributed by atoms with Crippen molar-refractivity contribution in [1.82, 2.24) is 25.0 Å². The van der Waals surface area contributed by atoms with Crippen molar-refractivity contribution in [1.29, 1.82) is 0 Å². The van der Waals surface area contributed by atoms with Crippen molar-refractivity contribution in [3.05, 3.63) is 41.2 Å². The molecule has 0 spiro atoms. The quantitative estimate of drug-likeness (QED) is 0.676. The van der Waals surface area contributed by atoms with Gasteiger partial charge in [0.1, 0.15) is 10.0 Å². The van der Waals surface area contributed by atoms with E-state index in [-0.39, 0.29) is 5.78 Å². The highest BCUT2D eigenvalue weighted by molar-refractivity contribution is 7.14. The van der Waals surface area contributed by atoms with E-state index in [0.29, 0.717) is 13.0 Å². The van der Waals surface area contributed by atoms with Crippen molar-refractivity contribution < 1.29 is 4.79 Å². The first-order valence-electron chi connectivity index (χ1n) is 9.18. The first-order valence-corrected chi connectivity index (χ1v) is 10.0. The number of aryl methyl sites for hydroxylation is 1. The molecule has 0 saturated carbocycles. The maximum absolute atomic E-state index is 12.5. The third-order valence-electron chi connectivity index (χ3n) is 4.93. The van der Waals surface area contributed by atoms with Crippen LogP contribution in [0, 0.1) is 6.92 Å². The molecule has 0 amide bonds. The smallest absolute Gasteiger partial charge is 0.152 e. The molecule has 3 aromatic rings. The van der Waals surface area contributed by atoms with E-state index >= 15 is 0 Å². The van der Waals surface area contributed by atoms with Gasteiger partial charge in [0.05, 0.1) is 13.0 Å². The zero-order chi connectivity index (χ0) is 18.8. The molecule has 4 rings (SSSR count). The lowest BCUT2D eigenvalue weighted by molar-refractivity contribution is -0.120. The van der Waals surface area contributed by atoms with Gasteiger partial charge in [-0.1, -0.05) is 23.5 Å². The lowest BCUT2D eigenvalue weighted by atomic mass is 10.1. The molecular formula is C20H23N5OS. The zero-order valence-corrected chi connectivity index (χ0v) is 16.5. The number of fused-ring (bicyclic) bond motifs is 1. The summed E-state index contributed by atoms with van der Waals surface area (Å²) in [4.78, 5) is 21.5. The Morgan fingerprint density at radius 2 is 1.93 bits per heavy atom. The molecule has 0 N–H and O–H groups in total. The molecule has 6 nitrogen and oxygen atoms in total. The van der Waals surface area contributed by atoms with Gasteiger partial charge in [-0.05, 0) is 31.5 Å². The number of benzene rings is 1. The molecule has 0 aliphatic carbocycles. The van der Waals surface area contributed by atoms with Crippen molar-refractivity contribution in [2.45, 2.75) is 13.3 Å². The Kier molecular flexibility index (Phi) is 5.24. The van der Waals surface area contributed by atoms with Crippen LogP contribution in [0.4, 0.5) is 0 Å². The van der Waals surface area contributed by atoms with E-state index in [1.807, 2.05) is 31.3 Å². The Hall–Kier alpha value is -2.22. The molecule has 1 saturated heterocycles. The van der Waals surface area contributed by atoms with E-state index in [0.717, 1.165) is 58.2 Å². The van der Waals surface area contributed by atoms with Crippen molar-refractivity contribution >= 4 is 27.9 Å². The largest absolute Gasteiger partial charge is 0.304 e. The molecule has 0 bridgehead atoms. The number of aromatic nitrogens is 3. The minimum Gasteiger partial charge on any atom is -0.304 e. The normalized spacial score (nSPS) is 16.1. The van der Waals surface area contributed by atoms with Crippen LogP contribution in [-0.2, 0) is 11.2 Å². The number of hydrogen-bond donors (Lipinski definition) is 0. The Balaban J connectivity index is 1.48. The topological polar surface area (TPSA) is 62.2 Å². The third kappa shape index (κ3) is 4.37. The molecule has 0 atom stereocenters. The van der Waals surface area contributed by atoms with Crippen molar-refractivity contribution in [2.24, 2.45) is 0 Å². The van der Waals surface area contributed by atoms with Gasteiger partial charge < -0.3 is 4.90 Å². The summed E-state index contributed by atoms with van der Waals surface area (Å²) >= 11 is 1.58. The lowest BCUT2D eigenvalue weighted by Gasteiger charge is -2.31.